The number of benzene rings is 3. The molecule has 226 valence electrons. The number of nitrogens with zero attached hydrogens (tertiary/aromatic N) is 2. The van der Waals surface area contributed by atoms with E-state index in [4.69, 9.17) is 4.74 Å². The van der Waals surface area contributed by atoms with E-state index in [-0.39, 0.29) is 11.8 Å². The van der Waals surface area contributed by atoms with Gasteiger partial charge in [0.15, 0.2) is 0 Å². The van der Waals surface area contributed by atoms with E-state index >= 15 is 0 Å². The molecule has 1 aliphatic carbocycles. The fourth-order valence-corrected chi connectivity index (χ4v) is 5.85. The third kappa shape index (κ3) is 6.92. The SMILES string of the molecule is CC(C)(CNC(=O)c1ccccc1)Oc1ccc(CCCC2=NN(c3ccc(C(F)(F)F)cc3)C(=O)C23CCCC3)cc1. The summed E-state index contributed by atoms with van der Waals surface area (Å²) in [6.45, 7) is 4.18. The summed E-state index contributed by atoms with van der Waals surface area (Å²) in [5, 5.41) is 8.90. The Hall–Kier alpha value is -4.14. The van der Waals surface area contributed by atoms with Crippen LogP contribution in [0, 0.1) is 5.41 Å². The zero-order valence-corrected chi connectivity index (χ0v) is 24.4. The van der Waals surface area contributed by atoms with E-state index in [0.717, 1.165) is 61.9 Å². The number of ether oxygens (including phenoxy) is 1. The van der Waals surface area contributed by atoms with Gasteiger partial charge < -0.3 is 10.1 Å². The molecule has 43 heavy (non-hydrogen) atoms. The van der Waals surface area contributed by atoms with E-state index in [9.17, 15) is 22.8 Å². The molecule has 3 aromatic carbocycles. The zero-order chi connectivity index (χ0) is 30.7. The van der Waals surface area contributed by atoms with E-state index in [1.165, 1.54) is 17.1 Å². The van der Waals surface area contributed by atoms with Crippen LogP contribution in [0.5, 0.6) is 5.75 Å². The summed E-state index contributed by atoms with van der Waals surface area (Å²) in [4.78, 5) is 25.9. The number of hydrazone groups is 1. The minimum Gasteiger partial charge on any atom is -0.486 e. The molecular weight excluding hydrogens is 555 g/mol. The van der Waals surface area contributed by atoms with Gasteiger partial charge in [0.05, 0.1) is 28.9 Å². The van der Waals surface area contributed by atoms with Gasteiger partial charge in [-0.25, -0.2) is 0 Å². The molecule has 0 bridgehead atoms. The summed E-state index contributed by atoms with van der Waals surface area (Å²) in [5.41, 5.74) is 0.883. The number of anilines is 1. The average molecular weight is 592 g/mol. The van der Waals surface area contributed by atoms with Crippen molar-refractivity contribution < 1.29 is 27.5 Å². The van der Waals surface area contributed by atoms with Gasteiger partial charge in [-0.1, -0.05) is 43.2 Å². The van der Waals surface area contributed by atoms with Crippen LogP contribution in [0.4, 0.5) is 18.9 Å². The lowest BCUT2D eigenvalue weighted by Gasteiger charge is -2.27. The second kappa shape index (κ2) is 12.2. The quantitative estimate of drug-likeness (QED) is 0.264. The summed E-state index contributed by atoms with van der Waals surface area (Å²) < 4.78 is 45.2. The maximum atomic E-state index is 13.5. The first kappa shape index (κ1) is 30.3. The van der Waals surface area contributed by atoms with Crippen LogP contribution in [-0.2, 0) is 17.4 Å². The predicted molar refractivity (Wildman–Crippen MR) is 160 cm³/mol. The molecule has 1 heterocycles. The summed E-state index contributed by atoms with van der Waals surface area (Å²) in [6, 6.07) is 21.5. The molecule has 2 amide bonds. The molecule has 3 aromatic rings. The molecule has 1 aliphatic heterocycles. The fraction of sp³-hybridized carbons (Fsp3) is 0.382. The van der Waals surface area contributed by atoms with Gasteiger partial charge in [-0.3, -0.25) is 9.59 Å². The van der Waals surface area contributed by atoms with Crippen molar-refractivity contribution in [3.8, 4) is 5.75 Å². The lowest BCUT2D eigenvalue weighted by molar-refractivity contribution is -0.137. The smallest absolute Gasteiger partial charge is 0.416 e. The normalized spacial score (nSPS) is 16.4. The molecule has 1 N–H and O–H groups in total. The van der Waals surface area contributed by atoms with Gasteiger partial charge in [0, 0.05) is 5.56 Å². The number of amides is 2. The van der Waals surface area contributed by atoms with Crippen LogP contribution in [0.25, 0.3) is 0 Å². The highest BCUT2D eigenvalue weighted by Crippen LogP contribution is 2.47. The van der Waals surface area contributed by atoms with Gasteiger partial charge in [-0.2, -0.15) is 23.3 Å². The van der Waals surface area contributed by atoms with Crippen molar-refractivity contribution in [3.63, 3.8) is 0 Å². The molecular formula is C34H36F3N3O3. The molecule has 0 unspecified atom stereocenters. The van der Waals surface area contributed by atoms with Gasteiger partial charge in [0.25, 0.3) is 11.8 Å². The van der Waals surface area contributed by atoms with Crippen molar-refractivity contribution in [3.05, 3.63) is 95.6 Å². The van der Waals surface area contributed by atoms with Crippen molar-refractivity contribution in [2.45, 2.75) is 70.6 Å². The van der Waals surface area contributed by atoms with Gasteiger partial charge in [-0.15, -0.1) is 0 Å². The molecule has 1 spiro atoms. The van der Waals surface area contributed by atoms with Crippen molar-refractivity contribution in [2.75, 3.05) is 11.6 Å². The third-order valence-electron chi connectivity index (χ3n) is 8.18. The lowest BCUT2D eigenvalue weighted by atomic mass is 9.78. The molecule has 2 aliphatic rings. The Kier molecular flexibility index (Phi) is 8.62. The summed E-state index contributed by atoms with van der Waals surface area (Å²) >= 11 is 0. The van der Waals surface area contributed by atoms with Gasteiger partial charge in [0.2, 0.25) is 0 Å². The minimum atomic E-state index is -4.44. The van der Waals surface area contributed by atoms with E-state index in [1.54, 1.807) is 12.1 Å². The van der Waals surface area contributed by atoms with Crippen LogP contribution in [0.15, 0.2) is 84.0 Å². The molecule has 1 saturated carbocycles. The Morgan fingerprint density at radius 3 is 2.21 bits per heavy atom. The molecule has 0 saturated heterocycles. The number of hydrogen-bond donors (Lipinski definition) is 1. The summed E-state index contributed by atoms with van der Waals surface area (Å²) in [6.07, 6.45) is 1.06. The van der Waals surface area contributed by atoms with Crippen molar-refractivity contribution in [1.82, 2.24) is 5.32 Å². The molecule has 0 atom stereocenters. The first-order chi connectivity index (χ1) is 20.5. The number of alkyl halides is 3. The third-order valence-corrected chi connectivity index (χ3v) is 8.18. The highest BCUT2D eigenvalue weighted by molar-refractivity contribution is 6.19. The number of rotatable bonds is 10. The zero-order valence-electron chi connectivity index (χ0n) is 24.4. The Bertz CT molecular complexity index is 1460. The molecule has 1 fully saturated rings. The minimum absolute atomic E-state index is 0.135. The molecule has 6 nitrogen and oxygen atoms in total. The molecule has 5 rings (SSSR count). The highest BCUT2D eigenvalue weighted by atomic mass is 19.4. The van der Waals surface area contributed by atoms with Crippen LogP contribution in [0.2, 0.25) is 0 Å². The molecule has 0 radical (unpaired) electrons. The Balaban J connectivity index is 1.17. The maximum absolute atomic E-state index is 13.5. The van der Waals surface area contributed by atoms with E-state index < -0.39 is 22.8 Å². The molecule has 9 heteroatoms. The van der Waals surface area contributed by atoms with Crippen LogP contribution < -0.4 is 15.1 Å². The van der Waals surface area contributed by atoms with E-state index in [1.807, 2.05) is 56.3 Å². The van der Waals surface area contributed by atoms with Crippen LogP contribution >= 0.6 is 0 Å². The number of carbonyl (C=O) groups is 2. The number of hydrogen-bond acceptors (Lipinski definition) is 4. The van der Waals surface area contributed by atoms with E-state index in [0.29, 0.717) is 30.0 Å². The first-order valence-corrected chi connectivity index (χ1v) is 14.7. The largest absolute Gasteiger partial charge is 0.486 e. The van der Waals surface area contributed by atoms with Crippen molar-refractivity contribution in [2.24, 2.45) is 10.5 Å². The number of halogens is 3. The molecule has 0 aromatic heterocycles. The topological polar surface area (TPSA) is 71.0 Å². The standard InChI is InChI=1S/C34H36F3N3O3/c1-32(2,23-38-30(41)25-10-4-3-5-11-25)43-28-19-13-24(14-20-28)9-8-12-29-33(21-6-7-22-33)31(42)40(39-29)27-17-15-26(16-18-27)34(35,36)37/h3-5,10-11,13-20H,6-9,12,21-23H2,1-2H3,(H,38,41). The van der Waals surface area contributed by atoms with Gasteiger partial charge >= 0.3 is 6.18 Å². The monoisotopic (exact) mass is 591 g/mol. The average Bonchev–Trinajstić information content (AvgIpc) is 3.59. The number of nitrogens with one attached hydrogen (secondary N) is 1. The second-order valence-corrected chi connectivity index (χ2v) is 11.9. The van der Waals surface area contributed by atoms with Crippen molar-refractivity contribution in [1.29, 1.82) is 0 Å². The Morgan fingerprint density at radius 1 is 0.930 bits per heavy atom. The summed E-state index contributed by atoms with van der Waals surface area (Å²) in [5.74, 6) is 0.414. The first-order valence-electron chi connectivity index (χ1n) is 14.7. The second-order valence-electron chi connectivity index (χ2n) is 11.9. The van der Waals surface area contributed by atoms with Crippen molar-refractivity contribution >= 4 is 23.2 Å². The van der Waals surface area contributed by atoms with Crippen LogP contribution in [0.1, 0.15) is 73.9 Å². The Morgan fingerprint density at radius 2 is 1.58 bits per heavy atom. The lowest BCUT2D eigenvalue weighted by Crippen LogP contribution is -2.42. The summed E-state index contributed by atoms with van der Waals surface area (Å²) in [7, 11) is 0. The van der Waals surface area contributed by atoms with Gasteiger partial charge in [-0.05, 0) is 100 Å². The van der Waals surface area contributed by atoms with E-state index in [2.05, 4.69) is 10.4 Å². The van der Waals surface area contributed by atoms with Crippen LogP contribution in [0.3, 0.4) is 0 Å². The highest BCUT2D eigenvalue weighted by Gasteiger charge is 2.52. The number of carbonyl (C=O) groups excluding carboxylic acids is 2. The number of aryl methyl sites for hydroxylation is 1. The maximum Gasteiger partial charge on any atom is 0.416 e. The van der Waals surface area contributed by atoms with Gasteiger partial charge in [0.1, 0.15) is 11.4 Å². The van der Waals surface area contributed by atoms with Crippen LogP contribution in [-0.4, -0.2) is 29.7 Å². The fourth-order valence-electron chi connectivity index (χ4n) is 5.85. The predicted octanol–water partition coefficient (Wildman–Crippen LogP) is 7.58. The Labute approximate surface area is 249 Å².